The summed E-state index contributed by atoms with van der Waals surface area (Å²) in [4.78, 5) is 13.3. The van der Waals surface area contributed by atoms with Crippen LogP contribution in [0.1, 0.15) is 50.7 Å². The average molecular weight is 475 g/mol. The molecule has 0 aliphatic heterocycles. The normalized spacial score (nSPS) is 12.0. The Morgan fingerprint density at radius 2 is 1.69 bits per heavy atom. The Morgan fingerprint density at radius 3 is 2.43 bits per heavy atom. The molecular formula is C30H42N4O. The van der Waals surface area contributed by atoms with Gasteiger partial charge in [0, 0.05) is 41.5 Å². The Kier molecular flexibility index (Phi) is 7.85. The molecule has 0 radical (unpaired) electrons. The summed E-state index contributed by atoms with van der Waals surface area (Å²) in [5.41, 5.74) is 4.89. The molecule has 0 unspecified atom stereocenters. The topological polar surface area (TPSA) is 44.4 Å². The largest absolute Gasteiger partial charge is 0.497 e. The Labute approximate surface area is 210 Å². The Morgan fingerprint density at radius 1 is 0.914 bits per heavy atom. The highest BCUT2D eigenvalue weighted by molar-refractivity contribution is 6.18. The lowest BCUT2D eigenvalue weighted by Gasteiger charge is -2.23. The third-order valence-corrected chi connectivity index (χ3v) is 7.43. The zero-order valence-corrected chi connectivity index (χ0v) is 22.7. The van der Waals surface area contributed by atoms with E-state index in [9.17, 15) is 0 Å². The van der Waals surface area contributed by atoms with Gasteiger partial charge in [-0.25, -0.2) is 4.98 Å². The van der Waals surface area contributed by atoms with Gasteiger partial charge in [0.1, 0.15) is 11.6 Å². The first kappa shape index (κ1) is 25.3. The highest BCUT2D eigenvalue weighted by Crippen LogP contribution is 2.40. The monoisotopic (exact) mass is 474 g/mol. The highest BCUT2D eigenvalue weighted by atomic mass is 16.5. The predicted octanol–water partition coefficient (Wildman–Crippen LogP) is 7.08. The van der Waals surface area contributed by atoms with E-state index >= 15 is 0 Å². The van der Waals surface area contributed by atoms with E-state index in [0.29, 0.717) is 0 Å². The van der Waals surface area contributed by atoms with E-state index < -0.39 is 0 Å². The summed E-state index contributed by atoms with van der Waals surface area (Å²) in [6.45, 7) is 12.4. The number of aryl methyl sites for hydroxylation is 2. The maximum Gasteiger partial charge on any atom is 0.136 e. The number of pyridine rings is 1. The number of aromatic amines is 1. The molecule has 0 saturated heterocycles. The maximum atomic E-state index is 5.53. The van der Waals surface area contributed by atoms with Gasteiger partial charge in [-0.3, -0.25) is 0 Å². The Balaban J connectivity index is 1.58. The number of ether oxygens (including phenoxy) is 1. The van der Waals surface area contributed by atoms with Gasteiger partial charge in [-0.2, -0.15) is 0 Å². The van der Waals surface area contributed by atoms with Crippen LogP contribution in [0, 0.1) is 19.8 Å². The molecule has 5 heteroatoms. The molecule has 188 valence electrons. The molecule has 0 amide bonds. The minimum Gasteiger partial charge on any atom is -0.497 e. The van der Waals surface area contributed by atoms with Gasteiger partial charge in [0.25, 0.3) is 0 Å². The number of aromatic nitrogens is 2. The highest BCUT2D eigenvalue weighted by Gasteiger charge is 2.18. The summed E-state index contributed by atoms with van der Waals surface area (Å²) < 4.78 is 5.53. The molecule has 2 aromatic carbocycles. The zero-order valence-electron chi connectivity index (χ0n) is 22.7. The second-order valence-corrected chi connectivity index (χ2v) is 10.6. The van der Waals surface area contributed by atoms with Gasteiger partial charge in [0.05, 0.1) is 12.6 Å². The Hall–Kier alpha value is -2.79. The fraction of sp³-hybridized carbons (Fsp3) is 0.500. The zero-order chi connectivity index (χ0) is 25.1. The smallest absolute Gasteiger partial charge is 0.136 e. The van der Waals surface area contributed by atoms with Crippen molar-refractivity contribution in [2.75, 3.05) is 45.7 Å². The van der Waals surface area contributed by atoms with Crippen LogP contribution in [0.4, 0.5) is 5.82 Å². The average Bonchev–Trinajstić information content (AvgIpc) is 3.23. The fourth-order valence-corrected chi connectivity index (χ4v) is 5.38. The van der Waals surface area contributed by atoms with Crippen molar-refractivity contribution in [3.63, 3.8) is 0 Å². The van der Waals surface area contributed by atoms with Crippen LogP contribution in [-0.2, 0) is 0 Å². The van der Waals surface area contributed by atoms with E-state index in [-0.39, 0.29) is 0 Å². The number of anilines is 1. The van der Waals surface area contributed by atoms with Crippen LogP contribution in [-0.4, -0.2) is 55.7 Å². The predicted molar refractivity (Wildman–Crippen MR) is 151 cm³/mol. The number of unbranched alkanes of at least 4 members (excludes halogenated alkanes) is 1. The molecule has 0 bridgehead atoms. The van der Waals surface area contributed by atoms with Crippen molar-refractivity contribution in [2.45, 2.75) is 53.4 Å². The molecule has 2 aromatic heterocycles. The van der Waals surface area contributed by atoms with Crippen LogP contribution >= 0.6 is 0 Å². The summed E-state index contributed by atoms with van der Waals surface area (Å²) in [6, 6.07) is 8.43. The van der Waals surface area contributed by atoms with Gasteiger partial charge in [0.2, 0.25) is 0 Å². The molecular weight excluding hydrogens is 432 g/mol. The number of benzene rings is 2. The first-order valence-electron chi connectivity index (χ1n) is 13.1. The summed E-state index contributed by atoms with van der Waals surface area (Å²) in [5, 5.41) is 5.00. The second-order valence-electron chi connectivity index (χ2n) is 10.6. The molecule has 0 fully saturated rings. The van der Waals surface area contributed by atoms with E-state index in [1.54, 1.807) is 7.11 Å². The van der Waals surface area contributed by atoms with Crippen molar-refractivity contribution in [2.24, 2.45) is 5.92 Å². The number of methoxy groups -OCH3 is 1. The molecule has 0 aliphatic carbocycles. The molecule has 35 heavy (non-hydrogen) atoms. The van der Waals surface area contributed by atoms with Crippen LogP contribution in [0.5, 0.6) is 5.75 Å². The van der Waals surface area contributed by atoms with Gasteiger partial charge < -0.3 is 19.5 Å². The standard InChI is InChI=1S/C30H42N4O/c1-20(2)11-8-9-16-33(5)17-10-18-34(6)30-28-22(4)27-25-19-23(35-7)12-13-26(25)32-29(27)21(3)24(28)14-15-31-30/h12-15,19-20,32H,8-11,16-18H2,1-7H3. The molecule has 0 saturated carbocycles. The fourth-order valence-electron chi connectivity index (χ4n) is 5.38. The summed E-state index contributed by atoms with van der Waals surface area (Å²) in [6.07, 6.45) is 7.03. The van der Waals surface area contributed by atoms with Crippen LogP contribution in [0.25, 0.3) is 32.6 Å². The molecule has 0 spiro atoms. The number of H-pyrrole nitrogens is 1. The van der Waals surface area contributed by atoms with Crippen LogP contribution in [0.15, 0.2) is 30.5 Å². The third kappa shape index (κ3) is 5.25. The van der Waals surface area contributed by atoms with Crippen molar-refractivity contribution in [3.8, 4) is 5.75 Å². The number of hydrogen-bond donors (Lipinski definition) is 1. The van der Waals surface area contributed by atoms with Crippen molar-refractivity contribution in [3.05, 3.63) is 41.6 Å². The van der Waals surface area contributed by atoms with Crippen LogP contribution < -0.4 is 9.64 Å². The first-order valence-corrected chi connectivity index (χ1v) is 13.1. The first-order chi connectivity index (χ1) is 16.8. The van der Waals surface area contributed by atoms with E-state index in [4.69, 9.17) is 9.72 Å². The number of nitrogens with one attached hydrogen (secondary N) is 1. The molecule has 0 atom stereocenters. The number of hydrogen-bond acceptors (Lipinski definition) is 4. The van der Waals surface area contributed by atoms with Gasteiger partial charge in [-0.1, -0.05) is 26.7 Å². The van der Waals surface area contributed by atoms with Crippen molar-refractivity contribution < 1.29 is 4.74 Å². The minimum atomic E-state index is 0.807. The Bertz CT molecular complexity index is 1310. The van der Waals surface area contributed by atoms with Crippen molar-refractivity contribution in [1.29, 1.82) is 0 Å². The second kappa shape index (κ2) is 10.9. The SMILES string of the molecule is COc1ccc2[nH]c3c(C)c4ccnc(N(C)CCCN(C)CCCCC(C)C)c4c(C)c3c2c1. The molecule has 0 aliphatic rings. The molecule has 2 heterocycles. The van der Waals surface area contributed by atoms with Gasteiger partial charge in [-0.15, -0.1) is 0 Å². The summed E-state index contributed by atoms with van der Waals surface area (Å²) in [5.74, 6) is 2.76. The van der Waals surface area contributed by atoms with Crippen molar-refractivity contribution in [1.82, 2.24) is 14.9 Å². The van der Waals surface area contributed by atoms with Gasteiger partial charge in [-0.05, 0) is 93.5 Å². The van der Waals surface area contributed by atoms with Gasteiger partial charge in [0.15, 0.2) is 0 Å². The maximum absolute atomic E-state index is 5.53. The lowest BCUT2D eigenvalue weighted by Crippen LogP contribution is -2.27. The summed E-state index contributed by atoms with van der Waals surface area (Å²) >= 11 is 0. The number of rotatable bonds is 11. The number of nitrogens with zero attached hydrogens (tertiary/aromatic N) is 3. The van der Waals surface area contributed by atoms with Crippen LogP contribution in [0.3, 0.4) is 0 Å². The van der Waals surface area contributed by atoms with Gasteiger partial charge >= 0.3 is 0 Å². The van der Waals surface area contributed by atoms with E-state index in [1.807, 2.05) is 12.3 Å². The molecule has 1 N–H and O–H groups in total. The molecule has 4 rings (SSSR count). The van der Waals surface area contributed by atoms with E-state index in [0.717, 1.165) is 42.5 Å². The third-order valence-electron chi connectivity index (χ3n) is 7.43. The van der Waals surface area contributed by atoms with E-state index in [2.05, 4.69) is 74.8 Å². The van der Waals surface area contributed by atoms with Crippen molar-refractivity contribution >= 4 is 38.4 Å². The molecule has 5 nitrogen and oxygen atoms in total. The quantitative estimate of drug-likeness (QED) is 0.236. The number of fused-ring (bicyclic) bond motifs is 4. The molecule has 4 aromatic rings. The minimum absolute atomic E-state index is 0.807. The lowest BCUT2D eigenvalue weighted by molar-refractivity contribution is 0.318. The lowest BCUT2D eigenvalue weighted by atomic mass is 9.96. The summed E-state index contributed by atoms with van der Waals surface area (Å²) in [7, 11) is 6.16. The van der Waals surface area contributed by atoms with E-state index in [1.165, 1.54) is 64.0 Å². The van der Waals surface area contributed by atoms with Crippen LogP contribution in [0.2, 0.25) is 0 Å².